The van der Waals surface area contributed by atoms with E-state index in [1.165, 1.54) is 23.8 Å². The SMILES string of the molecule is c1cnc2[nH]cc(CNCCOCC3CC3)c2c1. The predicted octanol–water partition coefficient (Wildman–Crippen LogP) is 2.08. The van der Waals surface area contributed by atoms with Crippen LogP contribution in [0.2, 0.25) is 0 Å². The zero-order valence-corrected chi connectivity index (χ0v) is 10.5. The van der Waals surface area contributed by atoms with Crippen molar-refractivity contribution in [3.05, 3.63) is 30.1 Å². The van der Waals surface area contributed by atoms with Crippen molar-refractivity contribution in [1.29, 1.82) is 0 Å². The smallest absolute Gasteiger partial charge is 0.137 e. The van der Waals surface area contributed by atoms with Crippen molar-refractivity contribution in [1.82, 2.24) is 15.3 Å². The van der Waals surface area contributed by atoms with E-state index in [4.69, 9.17) is 4.74 Å². The number of fused-ring (bicyclic) bond motifs is 1. The molecule has 0 unspecified atom stereocenters. The van der Waals surface area contributed by atoms with Gasteiger partial charge in [0.2, 0.25) is 0 Å². The van der Waals surface area contributed by atoms with Crippen molar-refractivity contribution >= 4 is 11.0 Å². The minimum Gasteiger partial charge on any atom is -0.380 e. The van der Waals surface area contributed by atoms with E-state index in [0.717, 1.165) is 37.9 Å². The summed E-state index contributed by atoms with van der Waals surface area (Å²) in [5, 5.41) is 4.60. The molecule has 2 aromatic heterocycles. The molecule has 0 aromatic carbocycles. The fourth-order valence-electron chi connectivity index (χ4n) is 2.06. The van der Waals surface area contributed by atoms with Crippen molar-refractivity contribution in [2.75, 3.05) is 19.8 Å². The van der Waals surface area contributed by atoms with E-state index in [-0.39, 0.29) is 0 Å². The lowest BCUT2D eigenvalue weighted by atomic mass is 10.2. The van der Waals surface area contributed by atoms with Crippen molar-refractivity contribution in [3.63, 3.8) is 0 Å². The Morgan fingerprint density at radius 1 is 1.44 bits per heavy atom. The van der Waals surface area contributed by atoms with E-state index in [9.17, 15) is 0 Å². The molecule has 2 N–H and O–H groups in total. The quantitative estimate of drug-likeness (QED) is 0.734. The third kappa shape index (κ3) is 2.89. The molecule has 4 heteroatoms. The highest BCUT2D eigenvalue weighted by atomic mass is 16.5. The van der Waals surface area contributed by atoms with Crippen LogP contribution in [0, 0.1) is 5.92 Å². The van der Waals surface area contributed by atoms with Crippen molar-refractivity contribution in [3.8, 4) is 0 Å². The van der Waals surface area contributed by atoms with Crippen LogP contribution in [0.1, 0.15) is 18.4 Å². The fourth-order valence-corrected chi connectivity index (χ4v) is 2.06. The molecule has 0 amide bonds. The van der Waals surface area contributed by atoms with Gasteiger partial charge >= 0.3 is 0 Å². The monoisotopic (exact) mass is 245 g/mol. The molecule has 1 fully saturated rings. The maximum absolute atomic E-state index is 5.58. The lowest BCUT2D eigenvalue weighted by molar-refractivity contribution is 0.126. The molecule has 0 radical (unpaired) electrons. The summed E-state index contributed by atoms with van der Waals surface area (Å²) in [4.78, 5) is 7.46. The second-order valence-electron chi connectivity index (χ2n) is 4.91. The van der Waals surface area contributed by atoms with Gasteiger partial charge in [-0.2, -0.15) is 0 Å². The number of nitrogens with one attached hydrogen (secondary N) is 2. The van der Waals surface area contributed by atoms with Gasteiger partial charge in [-0.1, -0.05) is 0 Å². The topological polar surface area (TPSA) is 49.9 Å². The van der Waals surface area contributed by atoms with Crippen LogP contribution in [-0.2, 0) is 11.3 Å². The van der Waals surface area contributed by atoms with Gasteiger partial charge in [-0.15, -0.1) is 0 Å². The van der Waals surface area contributed by atoms with Gasteiger partial charge < -0.3 is 15.0 Å². The van der Waals surface area contributed by atoms with Gasteiger partial charge in [-0.3, -0.25) is 0 Å². The minimum absolute atomic E-state index is 0.803. The average Bonchev–Trinajstić information content (AvgIpc) is 3.14. The Labute approximate surface area is 107 Å². The van der Waals surface area contributed by atoms with Crippen molar-refractivity contribution < 1.29 is 4.74 Å². The van der Waals surface area contributed by atoms with Crippen molar-refractivity contribution in [2.45, 2.75) is 19.4 Å². The molecule has 1 saturated carbocycles. The molecule has 18 heavy (non-hydrogen) atoms. The van der Waals surface area contributed by atoms with Crippen LogP contribution in [0.25, 0.3) is 11.0 Å². The normalized spacial score (nSPS) is 15.3. The predicted molar refractivity (Wildman–Crippen MR) is 71.3 cm³/mol. The Morgan fingerprint density at radius 3 is 3.28 bits per heavy atom. The summed E-state index contributed by atoms with van der Waals surface area (Å²) in [5.41, 5.74) is 2.22. The summed E-state index contributed by atoms with van der Waals surface area (Å²) in [6.07, 6.45) is 6.54. The number of H-pyrrole nitrogens is 1. The minimum atomic E-state index is 0.803. The van der Waals surface area contributed by atoms with Gasteiger partial charge in [0.25, 0.3) is 0 Å². The summed E-state index contributed by atoms with van der Waals surface area (Å²) in [6.45, 7) is 3.51. The Bertz CT molecular complexity index is 504. The molecule has 0 bridgehead atoms. The lowest BCUT2D eigenvalue weighted by Crippen LogP contribution is -2.19. The second kappa shape index (κ2) is 5.50. The second-order valence-corrected chi connectivity index (χ2v) is 4.91. The maximum atomic E-state index is 5.58. The fraction of sp³-hybridized carbons (Fsp3) is 0.500. The first-order chi connectivity index (χ1) is 8.93. The molecule has 1 aliphatic carbocycles. The van der Waals surface area contributed by atoms with E-state index in [1.807, 2.05) is 18.5 Å². The molecule has 0 atom stereocenters. The number of aromatic amines is 1. The molecule has 0 saturated heterocycles. The van der Waals surface area contributed by atoms with E-state index in [2.05, 4.69) is 21.4 Å². The van der Waals surface area contributed by atoms with Gasteiger partial charge in [-0.25, -0.2) is 4.98 Å². The molecule has 96 valence electrons. The molecule has 2 aromatic rings. The number of hydrogen-bond donors (Lipinski definition) is 2. The highest BCUT2D eigenvalue weighted by molar-refractivity contribution is 5.79. The van der Waals surface area contributed by atoms with E-state index < -0.39 is 0 Å². The van der Waals surface area contributed by atoms with E-state index in [0.29, 0.717) is 0 Å². The Morgan fingerprint density at radius 2 is 2.39 bits per heavy atom. The molecule has 4 nitrogen and oxygen atoms in total. The molecule has 2 heterocycles. The highest BCUT2D eigenvalue weighted by Gasteiger charge is 2.20. The van der Waals surface area contributed by atoms with E-state index in [1.54, 1.807) is 0 Å². The van der Waals surface area contributed by atoms with Gasteiger partial charge in [-0.05, 0) is 36.5 Å². The zero-order chi connectivity index (χ0) is 12.2. The molecule has 1 aliphatic rings. The Balaban J connectivity index is 1.41. The highest BCUT2D eigenvalue weighted by Crippen LogP contribution is 2.28. The standard InChI is InChI=1S/C14H19N3O/c1-2-13-12(9-17-14(13)16-5-1)8-15-6-7-18-10-11-3-4-11/h1-2,5,9,11,15H,3-4,6-8,10H2,(H,16,17). The number of pyridine rings is 1. The Kier molecular flexibility index (Phi) is 3.57. The summed E-state index contributed by atoms with van der Waals surface area (Å²) < 4.78 is 5.58. The summed E-state index contributed by atoms with van der Waals surface area (Å²) >= 11 is 0. The molecular weight excluding hydrogens is 226 g/mol. The van der Waals surface area contributed by atoms with Crippen LogP contribution in [-0.4, -0.2) is 29.7 Å². The first-order valence-corrected chi connectivity index (χ1v) is 6.63. The largest absolute Gasteiger partial charge is 0.380 e. The van der Waals surface area contributed by atoms with Crippen LogP contribution in [0.4, 0.5) is 0 Å². The van der Waals surface area contributed by atoms with Crippen LogP contribution < -0.4 is 5.32 Å². The average molecular weight is 245 g/mol. The Hall–Kier alpha value is -1.39. The third-order valence-electron chi connectivity index (χ3n) is 3.33. The first kappa shape index (κ1) is 11.7. The van der Waals surface area contributed by atoms with E-state index >= 15 is 0 Å². The summed E-state index contributed by atoms with van der Waals surface area (Å²) in [5.74, 6) is 0.852. The number of hydrogen-bond acceptors (Lipinski definition) is 3. The van der Waals surface area contributed by atoms with Gasteiger partial charge in [0.05, 0.1) is 6.61 Å². The summed E-state index contributed by atoms with van der Waals surface area (Å²) in [7, 11) is 0. The molecule has 0 spiro atoms. The summed E-state index contributed by atoms with van der Waals surface area (Å²) in [6, 6.07) is 4.07. The third-order valence-corrected chi connectivity index (χ3v) is 3.33. The van der Waals surface area contributed by atoms with Crippen molar-refractivity contribution in [2.24, 2.45) is 5.92 Å². The maximum Gasteiger partial charge on any atom is 0.137 e. The number of aromatic nitrogens is 2. The van der Waals surface area contributed by atoms with Crippen LogP contribution in [0.5, 0.6) is 0 Å². The van der Waals surface area contributed by atoms with Crippen LogP contribution in [0.3, 0.4) is 0 Å². The number of ether oxygens (including phenoxy) is 1. The van der Waals surface area contributed by atoms with Gasteiger partial charge in [0.1, 0.15) is 5.65 Å². The van der Waals surface area contributed by atoms with Gasteiger partial charge in [0, 0.05) is 37.5 Å². The van der Waals surface area contributed by atoms with Crippen LogP contribution in [0.15, 0.2) is 24.5 Å². The first-order valence-electron chi connectivity index (χ1n) is 6.63. The molecule has 0 aliphatic heterocycles. The van der Waals surface area contributed by atoms with Crippen LogP contribution >= 0.6 is 0 Å². The van der Waals surface area contributed by atoms with Gasteiger partial charge in [0.15, 0.2) is 0 Å². The number of nitrogens with zero attached hydrogens (tertiary/aromatic N) is 1. The zero-order valence-electron chi connectivity index (χ0n) is 10.5. The number of rotatable bonds is 7. The molecular formula is C14H19N3O. The lowest BCUT2D eigenvalue weighted by Gasteiger charge is -2.05. The molecule has 3 rings (SSSR count).